The van der Waals surface area contributed by atoms with E-state index >= 15 is 0 Å². The summed E-state index contributed by atoms with van der Waals surface area (Å²) in [6, 6.07) is 0. The van der Waals surface area contributed by atoms with Crippen LogP contribution in [-0.4, -0.2) is 43.8 Å². The molecule has 21 heavy (non-hydrogen) atoms. The molecule has 0 saturated carbocycles. The Kier molecular flexibility index (Phi) is 7.06. The van der Waals surface area contributed by atoms with Gasteiger partial charge in [-0.05, 0) is 12.3 Å². The number of carbonyl (C=O) groups is 1. The number of carbonyl (C=O) groups excluding carboxylic acids is 1. The number of hydrogen-bond acceptors (Lipinski definition) is 6. The zero-order valence-electron chi connectivity index (χ0n) is 12.1. The van der Waals surface area contributed by atoms with Crippen molar-refractivity contribution < 1.29 is 18.3 Å². The Hall–Kier alpha value is -1.19. The summed E-state index contributed by atoms with van der Waals surface area (Å²) in [7, 11) is -3.35. The predicted molar refractivity (Wildman–Crippen MR) is 82.8 cm³/mol. The Morgan fingerprint density at radius 3 is 2.81 bits per heavy atom. The lowest BCUT2D eigenvalue weighted by Gasteiger charge is -2.13. The fraction of sp³-hybridized carbons (Fsp3) is 0.667. The maximum absolute atomic E-state index is 11.8. The van der Waals surface area contributed by atoms with E-state index in [4.69, 9.17) is 5.11 Å². The minimum atomic E-state index is -3.35. The molecular weight excluding hydrogens is 314 g/mol. The summed E-state index contributed by atoms with van der Waals surface area (Å²) < 4.78 is 24.4. The number of anilines is 1. The molecule has 1 unspecified atom stereocenters. The predicted octanol–water partition coefficient (Wildman–Crippen LogP) is 0.582. The smallest absolute Gasteiger partial charge is 0.231 e. The number of aliphatic hydroxyl groups excluding tert-OH is 1. The second-order valence-corrected chi connectivity index (χ2v) is 7.39. The zero-order chi connectivity index (χ0) is 15.9. The number of rotatable bonds is 9. The lowest BCUT2D eigenvalue weighted by molar-refractivity contribution is -0.120. The molecule has 120 valence electrons. The average Bonchev–Trinajstić information content (AvgIpc) is 2.79. The molecule has 1 aromatic rings. The van der Waals surface area contributed by atoms with Gasteiger partial charge in [0.2, 0.25) is 15.9 Å². The SMILES string of the molecule is CCC(CCO)CNC(=O)Cc1csc(NS(C)(=O)=O)n1. The summed E-state index contributed by atoms with van der Waals surface area (Å²) in [5, 5.41) is 13.6. The van der Waals surface area contributed by atoms with Crippen molar-refractivity contribution in [1.82, 2.24) is 10.3 Å². The largest absolute Gasteiger partial charge is 0.396 e. The Labute approximate surface area is 128 Å². The zero-order valence-corrected chi connectivity index (χ0v) is 13.8. The third-order valence-corrected chi connectivity index (χ3v) is 4.37. The molecule has 1 rings (SSSR count). The van der Waals surface area contributed by atoms with E-state index in [0.717, 1.165) is 24.0 Å². The van der Waals surface area contributed by atoms with E-state index in [2.05, 4.69) is 15.0 Å². The van der Waals surface area contributed by atoms with Crippen molar-refractivity contribution in [2.75, 3.05) is 24.1 Å². The molecule has 0 spiro atoms. The monoisotopic (exact) mass is 335 g/mol. The van der Waals surface area contributed by atoms with Crippen molar-refractivity contribution in [3.63, 3.8) is 0 Å². The molecule has 0 bridgehead atoms. The van der Waals surface area contributed by atoms with Gasteiger partial charge in [0.1, 0.15) is 0 Å². The van der Waals surface area contributed by atoms with E-state index in [-0.39, 0.29) is 30.0 Å². The highest BCUT2D eigenvalue weighted by Crippen LogP contribution is 2.16. The van der Waals surface area contributed by atoms with E-state index in [1.807, 2.05) is 6.92 Å². The molecule has 0 aliphatic rings. The number of aromatic nitrogens is 1. The highest BCUT2D eigenvalue weighted by atomic mass is 32.2. The van der Waals surface area contributed by atoms with E-state index in [1.165, 1.54) is 0 Å². The highest BCUT2D eigenvalue weighted by Gasteiger charge is 2.12. The Bertz CT molecular complexity index is 557. The fourth-order valence-corrected chi connectivity index (χ4v) is 3.27. The van der Waals surface area contributed by atoms with E-state index in [9.17, 15) is 13.2 Å². The first-order valence-corrected chi connectivity index (χ1v) is 9.41. The number of sulfonamides is 1. The van der Waals surface area contributed by atoms with Crippen molar-refractivity contribution in [3.8, 4) is 0 Å². The highest BCUT2D eigenvalue weighted by molar-refractivity contribution is 7.92. The number of amides is 1. The molecule has 0 aliphatic heterocycles. The molecule has 0 radical (unpaired) electrons. The van der Waals surface area contributed by atoms with Gasteiger partial charge in [0.05, 0.1) is 18.4 Å². The van der Waals surface area contributed by atoms with Crippen molar-refractivity contribution in [3.05, 3.63) is 11.1 Å². The van der Waals surface area contributed by atoms with Crippen molar-refractivity contribution in [1.29, 1.82) is 0 Å². The van der Waals surface area contributed by atoms with Gasteiger partial charge in [-0.2, -0.15) is 0 Å². The summed E-state index contributed by atoms with van der Waals surface area (Å²) in [5.41, 5.74) is 0.527. The number of nitrogens with one attached hydrogen (secondary N) is 2. The third-order valence-electron chi connectivity index (χ3n) is 2.87. The maximum atomic E-state index is 11.8. The molecule has 1 amide bonds. The van der Waals surface area contributed by atoms with E-state index < -0.39 is 10.0 Å². The number of thiazole rings is 1. The topological polar surface area (TPSA) is 108 Å². The van der Waals surface area contributed by atoms with Crippen LogP contribution >= 0.6 is 11.3 Å². The van der Waals surface area contributed by atoms with Gasteiger partial charge in [0.15, 0.2) is 5.13 Å². The molecule has 1 aromatic heterocycles. The number of nitrogens with zero attached hydrogens (tertiary/aromatic N) is 1. The first-order valence-electron chi connectivity index (χ1n) is 6.63. The standard InChI is InChI=1S/C12H21N3O4S2/c1-3-9(4-5-16)7-13-11(17)6-10-8-20-12(14-10)15-21(2,18)19/h8-9,16H,3-7H2,1-2H3,(H,13,17)(H,14,15). The fourth-order valence-electron chi connectivity index (χ4n) is 1.71. The lowest BCUT2D eigenvalue weighted by Crippen LogP contribution is -2.30. The van der Waals surface area contributed by atoms with Gasteiger partial charge in [-0.15, -0.1) is 11.3 Å². The number of aliphatic hydroxyl groups is 1. The lowest BCUT2D eigenvalue weighted by atomic mass is 10.0. The molecule has 0 saturated heterocycles. The third kappa shape index (κ3) is 7.39. The van der Waals surface area contributed by atoms with Crippen LogP contribution in [0.1, 0.15) is 25.5 Å². The first kappa shape index (κ1) is 17.9. The van der Waals surface area contributed by atoms with E-state index in [1.54, 1.807) is 5.38 Å². The Morgan fingerprint density at radius 1 is 1.52 bits per heavy atom. The quantitative estimate of drug-likeness (QED) is 0.612. The minimum Gasteiger partial charge on any atom is -0.396 e. The van der Waals surface area contributed by atoms with Crippen LogP contribution in [-0.2, 0) is 21.2 Å². The molecule has 1 atom stereocenters. The van der Waals surface area contributed by atoms with E-state index in [0.29, 0.717) is 18.7 Å². The molecule has 0 aromatic carbocycles. The molecule has 9 heteroatoms. The molecule has 0 aliphatic carbocycles. The minimum absolute atomic E-state index is 0.109. The molecule has 3 N–H and O–H groups in total. The second kappa shape index (κ2) is 8.30. The summed E-state index contributed by atoms with van der Waals surface area (Å²) in [5.74, 6) is 0.0967. The normalized spacial score (nSPS) is 12.9. The summed E-state index contributed by atoms with van der Waals surface area (Å²) >= 11 is 1.14. The van der Waals surface area contributed by atoms with Gasteiger partial charge < -0.3 is 10.4 Å². The summed E-state index contributed by atoms with van der Waals surface area (Å²) in [4.78, 5) is 15.8. The Morgan fingerprint density at radius 2 is 2.24 bits per heavy atom. The van der Waals surface area contributed by atoms with Crippen LogP contribution in [0.5, 0.6) is 0 Å². The van der Waals surface area contributed by atoms with Crippen molar-refractivity contribution in [2.24, 2.45) is 5.92 Å². The van der Waals surface area contributed by atoms with Gasteiger partial charge in [-0.25, -0.2) is 13.4 Å². The van der Waals surface area contributed by atoms with Crippen LogP contribution in [0.15, 0.2) is 5.38 Å². The van der Waals surface area contributed by atoms with Gasteiger partial charge in [-0.3, -0.25) is 9.52 Å². The molecule has 0 fully saturated rings. The van der Waals surface area contributed by atoms with Gasteiger partial charge in [-0.1, -0.05) is 13.3 Å². The average molecular weight is 335 g/mol. The molecular formula is C12H21N3O4S2. The van der Waals surface area contributed by atoms with Crippen molar-refractivity contribution in [2.45, 2.75) is 26.2 Å². The van der Waals surface area contributed by atoms with Gasteiger partial charge in [0.25, 0.3) is 0 Å². The van der Waals surface area contributed by atoms with Gasteiger partial charge in [0, 0.05) is 18.5 Å². The molecule has 1 heterocycles. The van der Waals surface area contributed by atoms with Crippen LogP contribution in [0.4, 0.5) is 5.13 Å². The number of hydrogen-bond donors (Lipinski definition) is 3. The van der Waals surface area contributed by atoms with Gasteiger partial charge >= 0.3 is 0 Å². The van der Waals surface area contributed by atoms with Crippen LogP contribution in [0.3, 0.4) is 0 Å². The summed E-state index contributed by atoms with van der Waals surface area (Å²) in [6.07, 6.45) is 2.71. The maximum Gasteiger partial charge on any atom is 0.231 e. The first-order chi connectivity index (χ1) is 9.84. The summed E-state index contributed by atoms with van der Waals surface area (Å²) in [6.45, 7) is 2.64. The van der Waals surface area contributed by atoms with Crippen LogP contribution in [0.2, 0.25) is 0 Å². The Balaban J connectivity index is 2.44. The van der Waals surface area contributed by atoms with Crippen molar-refractivity contribution >= 4 is 32.4 Å². The van der Waals surface area contributed by atoms with Crippen LogP contribution < -0.4 is 10.0 Å². The molecule has 7 nitrogen and oxygen atoms in total. The van der Waals surface area contributed by atoms with Crippen LogP contribution in [0.25, 0.3) is 0 Å². The second-order valence-electron chi connectivity index (χ2n) is 4.79. The van der Waals surface area contributed by atoms with Crippen LogP contribution in [0, 0.1) is 5.92 Å².